The zero-order valence-corrected chi connectivity index (χ0v) is 29.0. The molecule has 0 radical (unpaired) electrons. The van der Waals surface area contributed by atoms with Gasteiger partial charge in [0.2, 0.25) is 5.91 Å². The maximum atomic E-state index is 13.2. The summed E-state index contributed by atoms with van der Waals surface area (Å²) < 4.78 is 69.5. The minimum Gasteiger partial charge on any atom is -0.489 e. The highest BCUT2D eigenvalue weighted by Crippen LogP contribution is 2.23. The average Bonchev–Trinajstić information content (AvgIpc) is 3.14. The lowest BCUT2D eigenvalue weighted by Gasteiger charge is -2.37. The number of hydroxylamine groups is 1. The van der Waals surface area contributed by atoms with Crippen molar-refractivity contribution in [1.29, 1.82) is 0 Å². The van der Waals surface area contributed by atoms with E-state index in [0.717, 1.165) is 27.7 Å². The van der Waals surface area contributed by atoms with E-state index < -0.39 is 42.2 Å². The van der Waals surface area contributed by atoms with Crippen molar-refractivity contribution in [3.63, 3.8) is 0 Å². The molecular formula is C37H36F6N4O8. The second kappa shape index (κ2) is 19.9. The Morgan fingerprint density at radius 3 is 2.05 bits per heavy atom. The number of rotatable bonds is 9. The maximum absolute atomic E-state index is 13.2. The number of aryl methyl sites for hydroxylation is 1. The van der Waals surface area contributed by atoms with Crippen LogP contribution >= 0.6 is 0 Å². The molecule has 294 valence electrons. The fourth-order valence-corrected chi connectivity index (χ4v) is 5.26. The third-order valence-corrected chi connectivity index (χ3v) is 7.86. The predicted molar refractivity (Wildman–Crippen MR) is 186 cm³/mol. The summed E-state index contributed by atoms with van der Waals surface area (Å²) in [4.78, 5) is 50.1. The number of para-hydroxylation sites is 1. The van der Waals surface area contributed by atoms with E-state index in [0.29, 0.717) is 44.0 Å². The molecule has 4 aromatic rings. The summed E-state index contributed by atoms with van der Waals surface area (Å²) in [6.45, 7) is 4.20. The Hall–Kier alpha value is -6.01. The molecule has 0 unspecified atom stereocenters. The van der Waals surface area contributed by atoms with Crippen LogP contribution in [-0.2, 0) is 21.0 Å². The zero-order valence-electron chi connectivity index (χ0n) is 29.0. The third kappa shape index (κ3) is 14.1. The Morgan fingerprint density at radius 1 is 0.891 bits per heavy atom. The molecular weight excluding hydrogens is 742 g/mol. The lowest BCUT2D eigenvalue weighted by molar-refractivity contribution is -0.193. The molecule has 5 N–H and O–H groups in total. The standard InChI is InChI=1S/C33H34N4O4.2C2HF3O2/c1-23-20-26(28-11-5-6-12-30(28)34-23)22-41-27-15-13-25(14-16-27)32(38)35-31-21-37(19-17-29(31)33(39)36-40)18-7-10-24-8-3-2-4-9-24;2*3-2(4,5)1(6)7/h2-16,20,29,31,40H,17-19,21-22H2,1H3,(H,35,38)(H,36,39);2*(H,6,7)/t29-,31+;;/m0../s1. The number of nitrogens with zero attached hydrogens (tertiary/aromatic N) is 2. The number of carbonyl (C=O) groups excluding carboxylic acids is 2. The van der Waals surface area contributed by atoms with Crippen LogP contribution < -0.4 is 15.5 Å². The zero-order chi connectivity index (χ0) is 40.8. The van der Waals surface area contributed by atoms with Crippen LogP contribution in [0.15, 0.2) is 91.0 Å². The van der Waals surface area contributed by atoms with Gasteiger partial charge >= 0.3 is 24.3 Å². The third-order valence-electron chi connectivity index (χ3n) is 7.86. The molecule has 55 heavy (non-hydrogen) atoms. The lowest BCUT2D eigenvalue weighted by Crippen LogP contribution is -2.56. The first-order valence-electron chi connectivity index (χ1n) is 16.3. The fourth-order valence-electron chi connectivity index (χ4n) is 5.26. The number of nitrogens with one attached hydrogen (secondary N) is 2. The lowest BCUT2D eigenvalue weighted by atomic mass is 9.90. The van der Waals surface area contributed by atoms with Gasteiger partial charge in [-0.1, -0.05) is 60.7 Å². The van der Waals surface area contributed by atoms with Crippen molar-refractivity contribution >= 4 is 40.7 Å². The number of hydrogen-bond acceptors (Lipinski definition) is 8. The summed E-state index contributed by atoms with van der Waals surface area (Å²) in [6.07, 6.45) is -5.51. The van der Waals surface area contributed by atoms with Crippen LogP contribution in [0.5, 0.6) is 5.75 Å². The van der Waals surface area contributed by atoms with Crippen molar-refractivity contribution in [2.45, 2.75) is 38.3 Å². The van der Waals surface area contributed by atoms with E-state index in [1.54, 1.807) is 29.7 Å². The Morgan fingerprint density at radius 2 is 1.47 bits per heavy atom. The summed E-state index contributed by atoms with van der Waals surface area (Å²) in [5.74, 6) is -6.17. The first kappa shape index (κ1) is 43.4. The highest BCUT2D eigenvalue weighted by molar-refractivity contribution is 5.95. The first-order chi connectivity index (χ1) is 25.9. The van der Waals surface area contributed by atoms with Crippen LogP contribution in [0, 0.1) is 12.8 Å². The smallest absolute Gasteiger partial charge is 0.489 e. The molecule has 1 aliphatic rings. The van der Waals surface area contributed by atoms with Gasteiger partial charge in [0.1, 0.15) is 12.4 Å². The summed E-state index contributed by atoms with van der Waals surface area (Å²) >= 11 is 0. The normalized spacial score (nSPS) is 15.9. The molecule has 1 aliphatic heterocycles. The molecule has 2 amide bonds. The molecule has 5 rings (SSSR count). The molecule has 18 heteroatoms. The molecule has 0 saturated carbocycles. The van der Waals surface area contributed by atoms with E-state index in [2.05, 4.69) is 27.4 Å². The number of carbonyl (C=O) groups is 4. The van der Waals surface area contributed by atoms with E-state index in [1.165, 1.54) is 0 Å². The van der Waals surface area contributed by atoms with Gasteiger partial charge in [-0.2, -0.15) is 26.3 Å². The summed E-state index contributed by atoms with van der Waals surface area (Å²) in [7, 11) is 0. The van der Waals surface area contributed by atoms with Crippen LogP contribution in [0.2, 0.25) is 0 Å². The second-order valence-corrected chi connectivity index (χ2v) is 11.9. The largest absolute Gasteiger partial charge is 0.490 e. The number of amides is 2. The van der Waals surface area contributed by atoms with Crippen LogP contribution in [-0.4, -0.2) is 87.1 Å². The van der Waals surface area contributed by atoms with Gasteiger partial charge in [-0.25, -0.2) is 15.1 Å². The molecule has 1 fully saturated rings. The quantitative estimate of drug-likeness (QED) is 0.0766. The molecule has 0 bridgehead atoms. The van der Waals surface area contributed by atoms with E-state index in [9.17, 15) is 41.1 Å². The Kier molecular flexibility index (Phi) is 15.7. The van der Waals surface area contributed by atoms with Gasteiger partial charge < -0.3 is 20.3 Å². The highest BCUT2D eigenvalue weighted by atomic mass is 19.4. The molecule has 3 aromatic carbocycles. The van der Waals surface area contributed by atoms with Crippen LogP contribution in [0.1, 0.15) is 33.6 Å². The number of halogens is 6. The number of aromatic nitrogens is 1. The molecule has 0 spiro atoms. The van der Waals surface area contributed by atoms with Crippen LogP contribution in [0.3, 0.4) is 0 Å². The number of aliphatic carboxylic acids is 2. The van der Waals surface area contributed by atoms with E-state index >= 15 is 0 Å². The Labute approximate surface area is 310 Å². The Balaban J connectivity index is 0.000000494. The maximum Gasteiger partial charge on any atom is 0.490 e. The topological polar surface area (TPSA) is 178 Å². The van der Waals surface area contributed by atoms with Crippen molar-refractivity contribution < 1.29 is 65.7 Å². The minimum absolute atomic E-state index is 0.283. The van der Waals surface area contributed by atoms with Gasteiger partial charge in [-0.3, -0.25) is 24.7 Å². The molecule has 2 heterocycles. The van der Waals surface area contributed by atoms with Gasteiger partial charge in [-0.15, -0.1) is 0 Å². The number of ether oxygens (including phenoxy) is 1. The number of benzene rings is 3. The van der Waals surface area contributed by atoms with E-state index in [4.69, 9.17) is 24.5 Å². The number of likely N-dealkylation sites (tertiary alicyclic amines) is 1. The minimum atomic E-state index is -5.08. The molecule has 2 atom stereocenters. The van der Waals surface area contributed by atoms with Gasteiger partial charge in [0.15, 0.2) is 0 Å². The molecule has 0 aliphatic carbocycles. The molecule has 1 aromatic heterocycles. The SMILES string of the molecule is Cc1cc(COc2ccc(C(=O)N[C@@H]3CN(CC=Cc4ccccc4)CC[C@@H]3C(=O)NO)cc2)c2ccccc2n1.O=C(O)C(F)(F)F.O=C(O)C(F)(F)F. The van der Waals surface area contributed by atoms with Gasteiger partial charge in [0, 0.05) is 35.3 Å². The number of pyridine rings is 1. The van der Waals surface area contributed by atoms with Gasteiger partial charge in [0.05, 0.1) is 17.5 Å². The van der Waals surface area contributed by atoms with Crippen LogP contribution in [0.25, 0.3) is 17.0 Å². The Bertz CT molecular complexity index is 1920. The monoisotopic (exact) mass is 778 g/mol. The average molecular weight is 779 g/mol. The van der Waals surface area contributed by atoms with Crippen molar-refractivity contribution in [1.82, 2.24) is 20.7 Å². The van der Waals surface area contributed by atoms with Crippen molar-refractivity contribution in [2.75, 3.05) is 19.6 Å². The number of carboxylic acid groups (broad SMARTS) is 2. The number of fused-ring (bicyclic) bond motifs is 1. The molecule has 12 nitrogen and oxygen atoms in total. The predicted octanol–water partition coefficient (Wildman–Crippen LogP) is 6.03. The van der Waals surface area contributed by atoms with Crippen molar-refractivity contribution in [3.8, 4) is 5.75 Å². The fraction of sp³-hybridized carbons (Fsp3) is 0.270. The summed E-state index contributed by atoms with van der Waals surface area (Å²) in [5, 5.41) is 27.6. The number of carboxylic acids is 2. The van der Waals surface area contributed by atoms with Crippen molar-refractivity contribution in [2.24, 2.45) is 5.92 Å². The summed E-state index contributed by atoms with van der Waals surface area (Å²) in [6, 6.07) is 26.5. The summed E-state index contributed by atoms with van der Waals surface area (Å²) in [5.41, 5.74) is 6.24. The van der Waals surface area contributed by atoms with Gasteiger partial charge in [-0.05, 0) is 61.9 Å². The van der Waals surface area contributed by atoms with E-state index in [-0.39, 0.29) is 5.91 Å². The van der Waals surface area contributed by atoms with Gasteiger partial charge in [0.25, 0.3) is 5.91 Å². The van der Waals surface area contributed by atoms with E-state index in [1.807, 2.05) is 67.6 Å². The highest BCUT2D eigenvalue weighted by Gasteiger charge is 2.39. The number of piperidine rings is 1. The van der Waals surface area contributed by atoms with Crippen LogP contribution in [0.4, 0.5) is 26.3 Å². The number of hydrogen-bond donors (Lipinski definition) is 5. The van der Waals surface area contributed by atoms with Crippen molar-refractivity contribution in [3.05, 3.63) is 113 Å². The first-order valence-corrected chi connectivity index (χ1v) is 16.3. The number of alkyl halides is 6. The molecule has 1 saturated heterocycles. The second-order valence-electron chi connectivity index (χ2n) is 11.9.